The van der Waals surface area contributed by atoms with E-state index in [0.29, 0.717) is 30.3 Å². The Balaban J connectivity index is 0.00000361. The first-order chi connectivity index (χ1) is 16.6. The number of rotatable bonds is 7. The third kappa shape index (κ3) is 6.03. The summed E-state index contributed by atoms with van der Waals surface area (Å²) < 4.78 is 55.8. The van der Waals surface area contributed by atoms with Crippen LogP contribution < -0.4 is 4.90 Å². The van der Waals surface area contributed by atoms with E-state index in [1.807, 2.05) is 25.9 Å². The minimum atomic E-state index is -3.64. The molecule has 1 aliphatic heterocycles. The largest absolute Gasteiger partial charge is 0.308 e. The Morgan fingerprint density at radius 3 is 2.50 bits per heavy atom. The van der Waals surface area contributed by atoms with Gasteiger partial charge in [-0.25, -0.2) is 22.2 Å². The van der Waals surface area contributed by atoms with Crippen LogP contribution in [0.3, 0.4) is 0 Å². The molecule has 0 bridgehead atoms. The lowest BCUT2D eigenvalue weighted by molar-refractivity contribution is 0.0985. The van der Waals surface area contributed by atoms with Crippen molar-refractivity contribution in [3.05, 3.63) is 53.6 Å². The van der Waals surface area contributed by atoms with Gasteiger partial charge in [0.15, 0.2) is 10.9 Å². The van der Waals surface area contributed by atoms with Crippen LogP contribution in [0.1, 0.15) is 30.1 Å². The smallest absolute Gasteiger partial charge is 0.260 e. The molecule has 1 aliphatic rings. The molecule has 4 rings (SSSR count). The summed E-state index contributed by atoms with van der Waals surface area (Å²) in [5.41, 5.74) is 0.284. The topological polar surface area (TPSA) is 73.8 Å². The van der Waals surface area contributed by atoms with Crippen LogP contribution in [0.2, 0.25) is 0 Å². The third-order valence-electron chi connectivity index (χ3n) is 6.01. The Bertz CT molecular complexity index is 1330. The SMILES string of the molecule is CC1CCCN(S(=O)(=O)c2ccc(C(=O)N(CCN(C)C)c3nc4c(F)cc(F)cc4s3)cc2)C1.Cl. The predicted octanol–water partition coefficient (Wildman–Crippen LogP) is 4.63. The van der Waals surface area contributed by atoms with Crippen molar-refractivity contribution in [3.8, 4) is 0 Å². The number of anilines is 1. The molecule has 1 atom stereocenters. The predicted molar refractivity (Wildman–Crippen MR) is 141 cm³/mol. The van der Waals surface area contributed by atoms with Gasteiger partial charge in [0.1, 0.15) is 11.3 Å². The van der Waals surface area contributed by atoms with Crippen molar-refractivity contribution in [1.82, 2.24) is 14.2 Å². The second-order valence-electron chi connectivity index (χ2n) is 9.13. The van der Waals surface area contributed by atoms with Crippen LogP contribution in [0.5, 0.6) is 0 Å². The van der Waals surface area contributed by atoms with E-state index >= 15 is 0 Å². The zero-order valence-corrected chi connectivity index (χ0v) is 22.7. The highest BCUT2D eigenvalue weighted by molar-refractivity contribution is 7.89. The van der Waals surface area contributed by atoms with Crippen molar-refractivity contribution in [2.75, 3.05) is 45.2 Å². The Kier molecular flexibility index (Phi) is 9.05. The highest BCUT2D eigenvalue weighted by Crippen LogP contribution is 2.32. The van der Waals surface area contributed by atoms with Gasteiger partial charge in [0.05, 0.1) is 9.60 Å². The summed E-state index contributed by atoms with van der Waals surface area (Å²) in [6.45, 7) is 3.78. The van der Waals surface area contributed by atoms with Gasteiger partial charge >= 0.3 is 0 Å². The molecular weight excluding hydrogens is 530 g/mol. The molecular formula is C24H29ClF2N4O3S2. The molecule has 0 spiro atoms. The second-order valence-corrected chi connectivity index (χ2v) is 12.1. The number of nitrogens with zero attached hydrogens (tertiary/aromatic N) is 4. The third-order valence-corrected chi connectivity index (χ3v) is 8.91. The molecule has 0 saturated carbocycles. The van der Waals surface area contributed by atoms with Crippen LogP contribution in [0.4, 0.5) is 13.9 Å². The number of thiazole rings is 1. The normalized spacial score (nSPS) is 16.8. The van der Waals surface area contributed by atoms with Gasteiger partial charge in [0, 0.05) is 37.8 Å². The van der Waals surface area contributed by atoms with Crippen molar-refractivity contribution in [3.63, 3.8) is 0 Å². The van der Waals surface area contributed by atoms with Crippen LogP contribution in [0.25, 0.3) is 10.2 Å². The minimum Gasteiger partial charge on any atom is -0.308 e. The summed E-state index contributed by atoms with van der Waals surface area (Å²) >= 11 is 1.03. The molecule has 0 radical (unpaired) electrons. The standard InChI is InChI=1S/C24H28F2N4O3S2.ClH/c1-16-5-4-10-29(15-16)35(32,33)19-8-6-17(7-9-19)23(31)30(12-11-28(2)3)24-27-22-20(26)13-18(25)14-21(22)34-24;/h6-9,13-14,16H,4-5,10-12,15H2,1-3H3;1H. The number of hydrogen-bond acceptors (Lipinski definition) is 6. The summed E-state index contributed by atoms with van der Waals surface area (Å²) in [6.07, 6.45) is 1.83. The van der Waals surface area contributed by atoms with E-state index < -0.39 is 27.6 Å². The zero-order chi connectivity index (χ0) is 25.3. The van der Waals surface area contributed by atoms with Gasteiger partial charge in [-0.15, -0.1) is 12.4 Å². The maximum atomic E-state index is 14.2. The average Bonchev–Trinajstić information content (AvgIpc) is 3.23. The molecule has 36 heavy (non-hydrogen) atoms. The molecule has 0 aliphatic carbocycles. The number of hydrogen-bond donors (Lipinski definition) is 0. The second kappa shape index (κ2) is 11.5. The fourth-order valence-electron chi connectivity index (χ4n) is 4.08. The molecule has 1 aromatic heterocycles. The van der Waals surface area contributed by atoms with E-state index in [9.17, 15) is 22.0 Å². The van der Waals surface area contributed by atoms with Crippen molar-refractivity contribution in [2.24, 2.45) is 5.92 Å². The van der Waals surface area contributed by atoms with Crippen LogP contribution in [-0.4, -0.2) is 68.8 Å². The molecule has 1 fully saturated rings. The van der Waals surface area contributed by atoms with E-state index in [1.165, 1.54) is 39.5 Å². The first-order valence-corrected chi connectivity index (χ1v) is 13.6. The van der Waals surface area contributed by atoms with Crippen molar-refractivity contribution in [2.45, 2.75) is 24.7 Å². The zero-order valence-electron chi connectivity index (χ0n) is 20.3. The van der Waals surface area contributed by atoms with E-state index in [2.05, 4.69) is 4.98 Å². The summed E-state index contributed by atoms with van der Waals surface area (Å²) in [7, 11) is 0.0734. The first kappa shape index (κ1) is 28.4. The molecule has 7 nitrogen and oxygen atoms in total. The molecule has 0 N–H and O–H groups in total. The monoisotopic (exact) mass is 558 g/mol. The quantitative estimate of drug-likeness (QED) is 0.423. The van der Waals surface area contributed by atoms with E-state index in [1.54, 1.807) is 0 Å². The first-order valence-electron chi connectivity index (χ1n) is 11.4. The molecule has 3 aromatic rings. The fourth-order valence-corrected chi connectivity index (χ4v) is 6.71. The van der Waals surface area contributed by atoms with Crippen molar-refractivity contribution in [1.29, 1.82) is 0 Å². The van der Waals surface area contributed by atoms with Crippen LogP contribution >= 0.6 is 23.7 Å². The maximum Gasteiger partial charge on any atom is 0.260 e. The highest BCUT2D eigenvalue weighted by atomic mass is 35.5. The highest BCUT2D eigenvalue weighted by Gasteiger charge is 2.29. The summed E-state index contributed by atoms with van der Waals surface area (Å²) in [6, 6.07) is 7.81. The Labute approximate surface area is 220 Å². The number of fused-ring (bicyclic) bond motifs is 1. The van der Waals surface area contributed by atoms with Gasteiger partial charge in [-0.1, -0.05) is 18.3 Å². The van der Waals surface area contributed by atoms with Crippen molar-refractivity contribution < 1.29 is 22.0 Å². The number of aromatic nitrogens is 1. The summed E-state index contributed by atoms with van der Waals surface area (Å²) in [5, 5.41) is 0.246. The summed E-state index contributed by atoms with van der Waals surface area (Å²) in [4.78, 5) is 21.1. The van der Waals surface area contributed by atoms with Gasteiger partial charge in [-0.05, 0) is 63.2 Å². The molecule has 2 aromatic carbocycles. The Hall–Kier alpha value is -2.18. The lowest BCUT2D eigenvalue weighted by atomic mass is 10.0. The van der Waals surface area contributed by atoms with E-state index in [-0.39, 0.29) is 40.1 Å². The molecule has 12 heteroatoms. The average molecular weight is 559 g/mol. The Morgan fingerprint density at radius 1 is 1.17 bits per heavy atom. The number of amides is 1. The number of sulfonamides is 1. The van der Waals surface area contributed by atoms with E-state index in [0.717, 1.165) is 30.2 Å². The van der Waals surface area contributed by atoms with Crippen molar-refractivity contribution >= 4 is 55.0 Å². The van der Waals surface area contributed by atoms with Crippen LogP contribution in [0, 0.1) is 17.6 Å². The number of halogens is 3. The number of carbonyl (C=O) groups is 1. The summed E-state index contributed by atoms with van der Waals surface area (Å²) in [5.74, 6) is -1.60. The Morgan fingerprint density at radius 2 is 1.86 bits per heavy atom. The number of piperidine rings is 1. The fraction of sp³-hybridized carbons (Fsp3) is 0.417. The van der Waals surface area contributed by atoms with E-state index in [4.69, 9.17) is 0 Å². The van der Waals surface area contributed by atoms with Gasteiger partial charge < -0.3 is 4.90 Å². The van der Waals surface area contributed by atoms with Crippen LogP contribution in [-0.2, 0) is 10.0 Å². The molecule has 196 valence electrons. The van der Waals surface area contributed by atoms with Crippen LogP contribution in [0.15, 0.2) is 41.3 Å². The number of carbonyl (C=O) groups excluding carboxylic acids is 1. The lowest BCUT2D eigenvalue weighted by Gasteiger charge is -2.30. The van der Waals surface area contributed by atoms with Gasteiger partial charge in [0.25, 0.3) is 5.91 Å². The van der Waals surface area contributed by atoms with Gasteiger partial charge in [-0.2, -0.15) is 4.31 Å². The molecule has 1 amide bonds. The molecule has 1 unspecified atom stereocenters. The maximum absolute atomic E-state index is 14.2. The minimum absolute atomic E-state index is 0. The molecule has 2 heterocycles. The lowest BCUT2D eigenvalue weighted by Crippen LogP contribution is -2.39. The number of likely N-dealkylation sites (N-methyl/N-ethyl adjacent to an activating group) is 1. The molecule has 1 saturated heterocycles. The van der Waals surface area contributed by atoms with Gasteiger partial charge in [-0.3, -0.25) is 9.69 Å². The number of benzene rings is 2. The van der Waals surface area contributed by atoms with Gasteiger partial charge in [0.2, 0.25) is 10.0 Å².